The van der Waals surface area contributed by atoms with Crippen molar-refractivity contribution in [2.24, 2.45) is 0 Å². The molecule has 5 nitrogen and oxygen atoms in total. The van der Waals surface area contributed by atoms with Crippen LogP contribution in [0.1, 0.15) is 43.5 Å². The Morgan fingerprint density at radius 3 is 2.67 bits per heavy atom. The second-order valence-electron chi connectivity index (χ2n) is 4.99. The maximum atomic E-state index is 10.9. The van der Waals surface area contributed by atoms with Crippen molar-refractivity contribution in [2.45, 2.75) is 32.4 Å². The molecule has 21 heavy (non-hydrogen) atoms. The van der Waals surface area contributed by atoms with E-state index >= 15 is 0 Å². The van der Waals surface area contributed by atoms with Crippen molar-refractivity contribution in [2.75, 3.05) is 0 Å². The van der Waals surface area contributed by atoms with E-state index in [4.69, 9.17) is 0 Å². The maximum Gasteiger partial charge on any atom is 0.269 e. The molecule has 2 aromatic rings. The van der Waals surface area contributed by atoms with Gasteiger partial charge in [0.1, 0.15) is 0 Å². The molecule has 0 radical (unpaired) electrons. The zero-order chi connectivity index (χ0) is 15.2. The number of hydrogen-bond donors (Lipinski definition) is 1. The van der Waals surface area contributed by atoms with Gasteiger partial charge < -0.3 is 5.32 Å². The summed E-state index contributed by atoms with van der Waals surface area (Å²) in [5, 5.41) is 14.4. The largest absolute Gasteiger partial charge is 0.303 e. The van der Waals surface area contributed by atoms with E-state index in [0.717, 1.165) is 17.5 Å². The Bertz CT molecular complexity index is 601. The highest BCUT2D eigenvalue weighted by Gasteiger charge is 2.16. The highest BCUT2D eigenvalue weighted by Crippen LogP contribution is 2.24. The molecule has 5 heteroatoms. The van der Waals surface area contributed by atoms with Gasteiger partial charge >= 0.3 is 0 Å². The number of rotatable bonds is 6. The van der Waals surface area contributed by atoms with Crippen LogP contribution in [-0.2, 0) is 0 Å². The van der Waals surface area contributed by atoms with Gasteiger partial charge in [0.15, 0.2) is 0 Å². The van der Waals surface area contributed by atoms with E-state index in [0.29, 0.717) is 0 Å². The number of aromatic nitrogens is 1. The van der Waals surface area contributed by atoms with Crippen LogP contribution in [0, 0.1) is 10.1 Å². The van der Waals surface area contributed by atoms with E-state index in [1.165, 1.54) is 6.07 Å². The number of hydrogen-bond acceptors (Lipinski definition) is 4. The molecule has 2 atom stereocenters. The standard InChI is InChI=1S/C16H19N3O2/c1-3-16(13-6-4-8-15(10-13)19(20)21)18-12(2)14-7-5-9-17-11-14/h4-12,16,18H,3H2,1-2H3/t12-,16?/m0/s1. The molecule has 2 rings (SSSR count). The number of nitrogens with zero attached hydrogens (tertiary/aromatic N) is 2. The summed E-state index contributed by atoms with van der Waals surface area (Å²) >= 11 is 0. The van der Waals surface area contributed by atoms with Gasteiger partial charge in [0.05, 0.1) is 4.92 Å². The fraction of sp³-hybridized carbons (Fsp3) is 0.312. The molecule has 110 valence electrons. The molecule has 0 aliphatic rings. The lowest BCUT2D eigenvalue weighted by Crippen LogP contribution is -2.24. The van der Waals surface area contributed by atoms with E-state index in [2.05, 4.69) is 24.1 Å². The van der Waals surface area contributed by atoms with Gasteiger partial charge in [-0.2, -0.15) is 0 Å². The average Bonchev–Trinajstić information content (AvgIpc) is 2.53. The first-order valence-electron chi connectivity index (χ1n) is 7.02. The second-order valence-corrected chi connectivity index (χ2v) is 4.99. The van der Waals surface area contributed by atoms with Gasteiger partial charge in [0.2, 0.25) is 0 Å². The highest BCUT2D eigenvalue weighted by atomic mass is 16.6. The summed E-state index contributed by atoms with van der Waals surface area (Å²) in [5.41, 5.74) is 2.16. The Hall–Kier alpha value is -2.27. The fourth-order valence-corrected chi connectivity index (χ4v) is 2.33. The molecule has 0 fully saturated rings. The maximum absolute atomic E-state index is 10.9. The smallest absolute Gasteiger partial charge is 0.269 e. The van der Waals surface area contributed by atoms with E-state index in [1.807, 2.05) is 24.4 Å². The lowest BCUT2D eigenvalue weighted by Gasteiger charge is -2.22. The minimum Gasteiger partial charge on any atom is -0.303 e. The Labute approximate surface area is 124 Å². The topological polar surface area (TPSA) is 68.1 Å². The highest BCUT2D eigenvalue weighted by molar-refractivity contribution is 5.36. The van der Waals surface area contributed by atoms with Crippen LogP contribution in [0.2, 0.25) is 0 Å². The van der Waals surface area contributed by atoms with Crippen molar-refractivity contribution in [3.63, 3.8) is 0 Å². The van der Waals surface area contributed by atoms with Crippen molar-refractivity contribution < 1.29 is 4.92 Å². The van der Waals surface area contributed by atoms with E-state index in [1.54, 1.807) is 18.3 Å². The minimum absolute atomic E-state index is 0.0695. The van der Waals surface area contributed by atoms with Crippen LogP contribution in [0.15, 0.2) is 48.8 Å². The van der Waals surface area contributed by atoms with Crippen LogP contribution in [0.4, 0.5) is 5.69 Å². The number of nitrogens with one attached hydrogen (secondary N) is 1. The number of benzene rings is 1. The third-order valence-electron chi connectivity index (χ3n) is 3.53. The van der Waals surface area contributed by atoms with Crippen molar-refractivity contribution in [3.05, 3.63) is 70.0 Å². The van der Waals surface area contributed by atoms with Crippen molar-refractivity contribution >= 4 is 5.69 Å². The molecule has 0 bridgehead atoms. The summed E-state index contributed by atoms with van der Waals surface area (Å²) in [6.07, 6.45) is 4.43. The SMILES string of the molecule is CCC(N[C@@H](C)c1cccnc1)c1cccc([N+](=O)[O-])c1. The fourth-order valence-electron chi connectivity index (χ4n) is 2.33. The van der Waals surface area contributed by atoms with Crippen LogP contribution < -0.4 is 5.32 Å². The number of pyridine rings is 1. The third kappa shape index (κ3) is 3.86. The molecular formula is C16H19N3O2. The number of nitro groups is 1. The molecular weight excluding hydrogens is 266 g/mol. The van der Waals surface area contributed by atoms with Crippen LogP contribution >= 0.6 is 0 Å². The summed E-state index contributed by atoms with van der Waals surface area (Å²) in [6.45, 7) is 4.13. The normalized spacial score (nSPS) is 13.6. The van der Waals surface area contributed by atoms with Gasteiger partial charge in [0, 0.05) is 36.6 Å². The first-order valence-corrected chi connectivity index (χ1v) is 7.02. The molecule has 1 unspecified atom stereocenters. The quantitative estimate of drug-likeness (QED) is 0.647. The van der Waals surface area contributed by atoms with E-state index < -0.39 is 0 Å². The molecule has 0 amide bonds. The molecule has 0 aliphatic carbocycles. The van der Waals surface area contributed by atoms with Crippen LogP contribution in [0.3, 0.4) is 0 Å². The molecule has 1 aromatic heterocycles. The van der Waals surface area contributed by atoms with E-state index in [-0.39, 0.29) is 22.7 Å². The molecule has 0 aliphatic heterocycles. The Morgan fingerprint density at radius 2 is 2.05 bits per heavy atom. The Balaban J connectivity index is 2.16. The number of nitro benzene ring substituents is 1. The van der Waals surface area contributed by atoms with Crippen LogP contribution in [0.25, 0.3) is 0 Å². The number of non-ortho nitro benzene ring substituents is 1. The van der Waals surface area contributed by atoms with Crippen molar-refractivity contribution in [1.82, 2.24) is 10.3 Å². The van der Waals surface area contributed by atoms with Crippen molar-refractivity contribution in [1.29, 1.82) is 0 Å². The molecule has 1 N–H and O–H groups in total. The van der Waals surface area contributed by atoms with Gasteiger partial charge in [-0.25, -0.2) is 0 Å². The first kappa shape index (κ1) is 15.1. The minimum atomic E-state index is -0.360. The zero-order valence-electron chi connectivity index (χ0n) is 12.2. The van der Waals surface area contributed by atoms with Gasteiger partial charge in [-0.15, -0.1) is 0 Å². The average molecular weight is 285 g/mol. The third-order valence-corrected chi connectivity index (χ3v) is 3.53. The van der Waals surface area contributed by atoms with E-state index in [9.17, 15) is 10.1 Å². The predicted octanol–water partition coefficient (Wildman–Crippen LogP) is 3.79. The van der Waals surface area contributed by atoms with Gasteiger partial charge in [0.25, 0.3) is 5.69 Å². The van der Waals surface area contributed by atoms with Crippen LogP contribution in [-0.4, -0.2) is 9.91 Å². The van der Waals surface area contributed by atoms with Crippen molar-refractivity contribution in [3.8, 4) is 0 Å². The summed E-state index contributed by atoms with van der Waals surface area (Å²) in [5.74, 6) is 0. The second kappa shape index (κ2) is 6.95. The summed E-state index contributed by atoms with van der Waals surface area (Å²) in [6, 6.07) is 10.9. The van der Waals surface area contributed by atoms with Crippen LogP contribution in [0.5, 0.6) is 0 Å². The molecule has 0 saturated heterocycles. The molecule has 0 spiro atoms. The zero-order valence-corrected chi connectivity index (χ0v) is 12.2. The first-order chi connectivity index (χ1) is 10.1. The molecule has 1 heterocycles. The lowest BCUT2D eigenvalue weighted by atomic mass is 10.0. The lowest BCUT2D eigenvalue weighted by molar-refractivity contribution is -0.384. The molecule has 0 saturated carbocycles. The monoisotopic (exact) mass is 285 g/mol. The van der Waals surface area contributed by atoms with Gasteiger partial charge in [-0.1, -0.05) is 25.1 Å². The van der Waals surface area contributed by atoms with Gasteiger partial charge in [-0.3, -0.25) is 15.1 Å². The predicted molar refractivity (Wildman–Crippen MR) is 81.9 cm³/mol. The Kier molecular flexibility index (Phi) is 5.00. The molecule has 1 aromatic carbocycles. The summed E-state index contributed by atoms with van der Waals surface area (Å²) in [7, 11) is 0. The summed E-state index contributed by atoms with van der Waals surface area (Å²) in [4.78, 5) is 14.6. The van der Waals surface area contributed by atoms with Gasteiger partial charge in [-0.05, 0) is 30.5 Å². The summed E-state index contributed by atoms with van der Waals surface area (Å²) < 4.78 is 0. The Morgan fingerprint density at radius 1 is 1.29 bits per heavy atom.